The zero-order valence-electron chi connectivity index (χ0n) is 16.7. The first-order chi connectivity index (χ1) is 14.0. The Morgan fingerprint density at radius 2 is 1.86 bits per heavy atom. The van der Waals surface area contributed by atoms with Crippen LogP contribution in [-0.4, -0.2) is 66.8 Å². The number of amides is 2. The van der Waals surface area contributed by atoms with Crippen LogP contribution in [0.15, 0.2) is 54.6 Å². The molecular formula is C22H27N3O4. The number of carboxylic acid groups (broad SMARTS) is 1. The third-order valence-electron chi connectivity index (χ3n) is 5.19. The molecule has 2 aromatic rings. The third kappa shape index (κ3) is 5.34. The van der Waals surface area contributed by atoms with E-state index in [0.717, 1.165) is 12.1 Å². The molecule has 0 saturated carbocycles. The summed E-state index contributed by atoms with van der Waals surface area (Å²) in [4.78, 5) is 27.4. The lowest BCUT2D eigenvalue weighted by atomic mass is 9.98. The van der Waals surface area contributed by atoms with Crippen molar-refractivity contribution in [1.82, 2.24) is 15.1 Å². The number of carboxylic acids is 1. The second kappa shape index (κ2) is 9.54. The van der Waals surface area contributed by atoms with E-state index in [1.165, 1.54) is 17.7 Å². The van der Waals surface area contributed by atoms with Gasteiger partial charge in [0.2, 0.25) is 0 Å². The minimum atomic E-state index is -0.967. The molecule has 0 bridgehead atoms. The molecule has 0 aliphatic carbocycles. The number of nitrogens with zero attached hydrogens (tertiary/aromatic N) is 2. The second-order valence-electron chi connectivity index (χ2n) is 7.29. The molecule has 29 heavy (non-hydrogen) atoms. The van der Waals surface area contributed by atoms with Gasteiger partial charge in [-0.2, -0.15) is 0 Å². The van der Waals surface area contributed by atoms with E-state index in [1.807, 2.05) is 18.2 Å². The molecule has 0 aromatic heterocycles. The van der Waals surface area contributed by atoms with Gasteiger partial charge < -0.3 is 20.1 Å². The first kappa shape index (κ1) is 20.8. The maximum atomic E-state index is 12.5. The average molecular weight is 397 g/mol. The predicted molar refractivity (Wildman–Crippen MR) is 110 cm³/mol. The summed E-state index contributed by atoms with van der Waals surface area (Å²) in [5, 5.41) is 11.8. The van der Waals surface area contributed by atoms with Crippen LogP contribution in [0.4, 0.5) is 4.79 Å². The lowest BCUT2D eigenvalue weighted by Gasteiger charge is -2.40. The maximum absolute atomic E-state index is 12.5. The molecule has 1 aliphatic heterocycles. The predicted octanol–water partition coefficient (Wildman–Crippen LogP) is 2.60. The van der Waals surface area contributed by atoms with Crippen LogP contribution in [0.1, 0.15) is 27.5 Å². The average Bonchev–Trinajstić information content (AvgIpc) is 2.73. The molecule has 1 aliphatic rings. The molecule has 1 heterocycles. The highest BCUT2D eigenvalue weighted by Gasteiger charge is 2.32. The molecule has 7 heteroatoms. The van der Waals surface area contributed by atoms with Gasteiger partial charge in [0, 0.05) is 20.1 Å². The van der Waals surface area contributed by atoms with Crippen LogP contribution in [0.2, 0.25) is 0 Å². The number of rotatable bonds is 6. The fraction of sp³-hybridized carbons (Fsp3) is 0.364. The van der Waals surface area contributed by atoms with Crippen molar-refractivity contribution in [3.63, 3.8) is 0 Å². The Kier molecular flexibility index (Phi) is 6.85. The number of hydrogen-bond acceptors (Lipinski definition) is 4. The normalized spacial score (nSPS) is 19.5. The number of ether oxygens (including phenoxy) is 1. The Hall–Kier alpha value is -2.90. The Morgan fingerprint density at radius 3 is 2.52 bits per heavy atom. The number of nitrogens with one attached hydrogen (secondary N) is 1. The third-order valence-corrected chi connectivity index (χ3v) is 5.19. The number of hydrogen-bond donors (Lipinski definition) is 2. The summed E-state index contributed by atoms with van der Waals surface area (Å²) in [6.45, 7) is 2.28. The molecule has 0 radical (unpaired) electrons. The van der Waals surface area contributed by atoms with Crippen LogP contribution >= 0.6 is 0 Å². The highest BCUT2D eigenvalue weighted by atomic mass is 16.5. The minimum absolute atomic E-state index is 0.0868. The molecule has 2 atom stereocenters. The largest absolute Gasteiger partial charge is 0.478 e. The molecule has 3 rings (SSSR count). The number of morpholine rings is 1. The van der Waals surface area contributed by atoms with Gasteiger partial charge in [-0.25, -0.2) is 9.59 Å². The van der Waals surface area contributed by atoms with Crippen molar-refractivity contribution in [2.75, 3.05) is 33.8 Å². The summed E-state index contributed by atoms with van der Waals surface area (Å²) in [5.74, 6) is -0.967. The summed E-state index contributed by atoms with van der Waals surface area (Å²) in [6.07, 6.45) is -0.123. The van der Waals surface area contributed by atoms with Gasteiger partial charge in [0.15, 0.2) is 0 Å². The summed E-state index contributed by atoms with van der Waals surface area (Å²) in [7, 11) is 3.83. The van der Waals surface area contributed by atoms with E-state index in [1.54, 1.807) is 24.1 Å². The SMILES string of the molecule is CN(C[C@@H]1OCCN(C)[C@H]1c1ccccc1)C(=O)NCc1ccc(C(=O)O)cc1. The number of carbonyl (C=O) groups is 2. The van der Waals surface area contributed by atoms with Gasteiger partial charge in [-0.05, 0) is 30.3 Å². The number of urea groups is 1. The quantitative estimate of drug-likeness (QED) is 0.783. The topological polar surface area (TPSA) is 82.1 Å². The van der Waals surface area contributed by atoms with Crippen molar-refractivity contribution in [2.45, 2.75) is 18.7 Å². The zero-order chi connectivity index (χ0) is 20.8. The number of aromatic carboxylic acids is 1. The first-order valence-corrected chi connectivity index (χ1v) is 9.63. The van der Waals surface area contributed by atoms with Gasteiger partial charge in [0.05, 0.1) is 30.9 Å². The minimum Gasteiger partial charge on any atom is -0.478 e. The molecule has 2 N–H and O–H groups in total. The van der Waals surface area contributed by atoms with Crippen LogP contribution in [0.5, 0.6) is 0 Å². The van der Waals surface area contributed by atoms with E-state index in [0.29, 0.717) is 19.7 Å². The van der Waals surface area contributed by atoms with Gasteiger partial charge in [-0.1, -0.05) is 42.5 Å². The summed E-state index contributed by atoms with van der Waals surface area (Å²) >= 11 is 0. The van der Waals surface area contributed by atoms with Gasteiger partial charge in [-0.15, -0.1) is 0 Å². The van der Waals surface area contributed by atoms with Crippen molar-refractivity contribution >= 4 is 12.0 Å². The van der Waals surface area contributed by atoms with Crippen LogP contribution in [0.25, 0.3) is 0 Å². The molecule has 2 amide bonds. The first-order valence-electron chi connectivity index (χ1n) is 9.63. The molecule has 0 unspecified atom stereocenters. The van der Waals surface area contributed by atoms with Gasteiger partial charge in [-0.3, -0.25) is 4.90 Å². The maximum Gasteiger partial charge on any atom is 0.335 e. The molecule has 7 nitrogen and oxygen atoms in total. The highest BCUT2D eigenvalue weighted by Crippen LogP contribution is 2.28. The highest BCUT2D eigenvalue weighted by molar-refractivity contribution is 5.87. The molecule has 0 spiro atoms. The van der Waals surface area contributed by atoms with E-state index in [4.69, 9.17) is 9.84 Å². The standard InChI is InChI=1S/C22H27N3O4/c1-24-12-13-29-19(20(24)17-6-4-3-5-7-17)15-25(2)22(28)23-14-16-8-10-18(11-9-16)21(26)27/h3-11,19-20H,12-15H2,1-2H3,(H,23,28)(H,26,27)/t19-,20-/m0/s1. The van der Waals surface area contributed by atoms with E-state index in [9.17, 15) is 9.59 Å². The van der Waals surface area contributed by atoms with Crippen molar-refractivity contribution in [3.8, 4) is 0 Å². The summed E-state index contributed by atoms with van der Waals surface area (Å²) < 4.78 is 6.02. The van der Waals surface area contributed by atoms with Gasteiger partial charge in [0.25, 0.3) is 0 Å². The summed E-state index contributed by atoms with van der Waals surface area (Å²) in [5.41, 5.74) is 2.24. The zero-order valence-corrected chi connectivity index (χ0v) is 16.7. The lowest BCUT2D eigenvalue weighted by Crippen LogP contribution is -2.50. The van der Waals surface area contributed by atoms with Crippen molar-refractivity contribution in [3.05, 3.63) is 71.3 Å². The van der Waals surface area contributed by atoms with Gasteiger partial charge in [0.1, 0.15) is 0 Å². The van der Waals surface area contributed by atoms with Crippen molar-refractivity contribution in [2.24, 2.45) is 0 Å². The van der Waals surface area contributed by atoms with Crippen LogP contribution in [-0.2, 0) is 11.3 Å². The van der Waals surface area contributed by atoms with Gasteiger partial charge >= 0.3 is 12.0 Å². The van der Waals surface area contributed by atoms with E-state index in [2.05, 4.69) is 29.4 Å². The molecule has 1 saturated heterocycles. The lowest BCUT2D eigenvalue weighted by molar-refractivity contribution is -0.0698. The number of carbonyl (C=O) groups excluding carboxylic acids is 1. The molecule has 2 aromatic carbocycles. The Labute approximate surface area is 170 Å². The number of likely N-dealkylation sites (N-methyl/N-ethyl adjacent to an activating group) is 2. The molecular weight excluding hydrogens is 370 g/mol. The Bertz CT molecular complexity index is 826. The Morgan fingerprint density at radius 1 is 1.17 bits per heavy atom. The molecule has 1 fully saturated rings. The monoisotopic (exact) mass is 397 g/mol. The molecule has 154 valence electrons. The Balaban J connectivity index is 1.58. The number of benzene rings is 2. The fourth-order valence-electron chi connectivity index (χ4n) is 3.56. The second-order valence-corrected chi connectivity index (χ2v) is 7.29. The van der Waals surface area contributed by atoms with E-state index >= 15 is 0 Å². The van der Waals surface area contributed by atoms with Crippen LogP contribution in [0, 0.1) is 0 Å². The smallest absolute Gasteiger partial charge is 0.335 e. The van der Waals surface area contributed by atoms with E-state index < -0.39 is 5.97 Å². The van der Waals surface area contributed by atoms with Crippen molar-refractivity contribution < 1.29 is 19.4 Å². The fourth-order valence-corrected chi connectivity index (χ4v) is 3.56. The van der Waals surface area contributed by atoms with E-state index in [-0.39, 0.29) is 23.7 Å². The van der Waals surface area contributed by atoms with Crippen molar-refractivity contribution in [1.29, 1.82) is 0 Å². The summed E-state index contributed by atoms with van der Waals surface area (Å²) in [6, 6.07) is 16.6. The van der Waals surface area contributed by atoms with Crippen LogP contribution < -0.4 is 5.32 Å². The van der Waals surface area contributed by atoms with Crippen LogP contribution in [0.3, 0.4) is 0 Å².